The van der Waals surface area contributed by atoms with E-state index < -0.39 is 0 Å². The smallest absolute Gasteiger partial charge is 0.246 e. The van der Waals surface area contributed by atoms with Crippen molar-refractivity contribution in [2.45, 2.75) is 12.8 Å². The molecule has 1 fully saturated rings. The van der Waals surface area contributed by atoms with Crippen molar-refractivity contribution in [2.75, 3.05) is 23.7 Å². The number of nitrogens with two attached hydrogens (primary N) is 1. The minimum atomic E-state index is 0.183. The number of aromatic nitrogens is 3. The standard InChI is InChI=1S/C8H12N6/c9-5-6-1-3-14(4-2-6)8-11-7(10)12-13-8/h6H,1-4H2,(H3,10,11,12,13). The molecule has 1 aromatic heterocycles. The average Bonchev–Trinajstić information content (AvgIpc) is 2.65. The summed E-state index contributed by atoms with van der Waals surface area (Å²) < 4.78 is 0. The zero-order chi connectivity index (χ0) is 9.97. The predicted molar refractivity (Wildman–Crippen MR) is 51.3 cm³/mol. The topological polar surface area (TPSA) is 94.6 Å². The summed E-state index contributed by atoms with van der Waals surface area (Å²) in [7, 11) is 0. The van der Waals surface area contributed by atoms with Gasteiger partial charge in [0.1, 0.15) is 0 Å². The molecule has 0 radical (unpaired) electrons. The maximum atomic E-state index is 8.73. The molecule has 0 amide bonds. The van der Waals surface area contributed by atoms with E-state index in [1.165, 1.54) is 0 Å². The molecule has 0 aliphatic carbocycles. The summed E-state index contributed by atoms with van der Waals surface area (Å²) in [6, 6.07) is 2.28. The van der Waals surface area contributed by atoms with Crippen molar-refractivity contribution < 1.29 is 0 Å². The Morgan fingerprint density at radius 2 is 2.21 bits per heavy atom. The first-order valence-corrected chi connectivity index (χ1v) is 4.62. The summed E-state index contributed by atoms with van der Waals surface area (Å²) in [5, 5.41) is 15.3. The summed E-state index contributed by atoms with van der Waals surface area (Å²) in [5.41, 5.74) is 5.43. The van der Waals surface area contributed by atoms with Gasteiger partial charge in [0.15, 0.2) is 0 Å². The van der Waals surface area contributed by atoms with E-state index in [-0.39, 0.29) is 5.92 Å². The van der Waals surface area contributed by atoms with Gasteiger partial charge in [-0.2, -0.15) is 10.2 Å². The van der Waals surface area contributed by atoms with Gasteiger partial charge in [-0.25, -0.2) is 5.10 Å². The van der Waals surface area contributed by atoms with E-state index in [9.17, 15) is 0 Å². The van der Waals surface area contributed by atoms with E-state index in [2.05, 4.69) is 21.3 Å². The molecule has 74 valence electrons. The Bertz CT molecular complexity index is 343. The van der Waals surface area contributed by atoms with Gasteiger partial charge in [-0.3, -0.25) is 0 Å². The maximum absolute atomic E-state index is 8.73. The second kappa shape index (κ2) is 3.54. The number of H-pyrrole nitrogens is 1. The Kier molecular flexibility index (Phi) is 2.23. The molecule has 2 heterocycles. The molecule has 3 N–H and O–H groups in total. The number of nitrogen functional groups attached to an aromatic ring is 1. The summed E-state index contributed by atoms with van der Waals surface area (Å²) in [6.07, 6.45) is 1.76. The highest BCUT2D eigenvalue weighted by Crippen LogP contribution is 2.19. The number of nitriles is 1. The summed E-state index contributed by atoms with van der Waals surface area (Å²) in [6.45, 7) is 1.66. The number of rotatable bonds is 1. The zero-order valence-corrected chi connectivity index (χ0v) is 7.77. The Hall–Kier alpha value is -1.77. The van der Waals surface area contributed by atoms with E-state index in [4.69, 9.17) is 11.0 Å². The summed E-state index contributed by atoms with van der Waals surface area (Å²) >= 11 is 0. The molecule has 1 aromatic rings. The number of anilines is 2. The fraction of sp³-hybridized carbons (Fsp3) is 0.625. The van der Waals surface area contributed by atoms with E-state index in [0.29, 0.717) is 11.9 Å². The van der Waals surface area contributed by atoms with E-state index in [1.54, 1.807) is 0 Å². The Labute approximate surface area is 81.7 Å². The number of nitrogens with one attached hydrogen (secondary N) is 1. The van der Waals surface area contributed by atoms with Gasteiger partial charge in [-0.05, 0) is 12.8 Å². The van der Waals surface area contributed by atoms with Crippen LogP contribution < -0.4 is 10.6 Å². The van der Waals surface area contributed by atoms with Crippen LogP contribution in [0.3, 0.4) is 0 Å². The summed E-state index contributed by atoms with van der Waals surface area (Å²) in [4.78, 5) is 6.08. The van der Waals surface area contributed by atoms with Gasteiger partial charge in [0.2, 0.25) is 11.9 Å². The lowest BCUT2D eigenvalue weighted by Gasteiger charge is -2.27. The highest BCUT2D eigenvalue weighted by Gasteiger charge is 2.20. The SMILES string of the molecule is N#CC1CCN(c2n[nH]c(N)n2)CC1. The lowest BCUT2D eigenvalue weighted by Crippen LogP contribution is -2.33. The minimum Gasteiger partial charge on any atom is -0.368 e. The number of piperidine rings is 1. The van der Waals surface area contributed by atoms with Crippen molar-refractivity contribution in [3.05, 3.63) is 0 Å². The van der Waals surface area contributed by atoms with E-state index in [0.717, 1.165) is 25.9 Å². The number of nitrogens with zero attached hydrogens (tertiary/aromatic N) is 4. The van der Waals surface area contributed by atoms with Crippen LogP contribution in [0.5, 0.6) is 0 Å². The maximum Gasteiger partial charge on any atom is 0.246 e. The monoisotopic (exact) mass is 192 g/mol. The third kappa shape index (κ3) is 1.62. The van der Waals surface area contributed by atoms with Gasteiger partial charge in [0.05, 0.1) is 6.07 Å². The lowest BCUT2D eigenvalue weighted by molar-refractivity contribution is 0.482. The van der Waals surface area contributed by atoms with Crippen molar-refractivity contribution in [2.24, 2.45) is 5.92 Å². The number of aromatic amines is 1. The molecular formula is C8H12N6. The van der Waals surface area contributed by atoms with Crippen molar-refractivity contribution in [3.8, 4) is 6.07 Å². The molecule has 2 rings (SSSR count). The molecule has 0 spiro atoms. The van der Waals surface area contributed by atoms with Crippen molar-refractivity contribution in [1.29, 1.82) is 5.26 Å². The van der Waals surface area contributed by atoms with Crippen molar-refractivity contribution in [1.82, 2.24) is 15.2 Å². The molecular weight excluding hydrogens is 180 g/mol. The normalized spacial score (nSPS) is 18.1. The molecule has 0 atom stereocenters. The molecule has 1 aliphatic rings. The fourth-order valence-corrected chi connectivity index (χ4v) is 1.62. The van der Waals surface area contributed by atoms with Crippen LogP contribution in [0.4, 0.5) is 11.9 Å². The third-order valence-electron chi connectivity index (χ3n) is 2.45. The molecule has 6 heteroatoms. The predicted octanol–water partition coefficient (Wildman–Crippen LogP) is 0.127. The van der Waals surface area contributed by atoms with Gasteiger partial charge in [0, 0.05) is 19.0 Å². The minimum absolute atomic E-state index is 0.183. The second-order valence-electron chi connectivity index (χ2n) is 3.41. The van der Waals surface area contributed by atoms with Crippen LogP contribution in [0, 0.1) is 17.2 Å². The molecule has 14 heavy (non-hydrogen) atoms. The molecule has 1 aliphatic heterocycles. The average molecular weight is 192 g/mol. The number of hydrogen-bond donors (Lipinski definition) is 2. The molecule has 6 nitrogen and oxygen atoms in total. The van der Waals surface area contributed by atoms with Crippen LogP contribution in [-0.2, 0) is 0 Å². The Morgan fingerprint density at radius 3 is 2.71 bits per heavy atom. The van der Waals surface area contributed by atoms with E-state index >= 15 is 0 Å². The first-order chi connectivity index (χ1) is 6.79. The summed E-state index contributed by atoms with van der Waals surface area (Å²) in [5.74, 6) is 1.16. The molecule has 0 saturated carbocycles. The lowest BCUT2D eigenvalue weighted by atomic mass is 9.99. The van der Waals surface area contributed by atoms with Gasteiger partial charge >= 0.3 is 0 Å². The fourth-order valence-electron chi connectivity index (χ4n) is 1.62. The highest BCUT2D eigenvalue weighted by atomic mass is 15.4. The van der Waals surface area contributed by atoms with Crippen molar-refractivity contribution >= 4 is 11.9 Å². The Morgan fingerprint density at radius 1 is 1.50 bits per heavy atom. The third-order valence-corrected chi connectivity index (χ3v) is 2.45. The van der Waals surface area contributed by atoms with Crippen molar-refractivity contribution in [3.63, 3.8) is 0 Å². The zero-order valence-electron chi connectivity index (χ0n) is 7.77. The van der Waals surface area contributed by atoms with Gasteiger partial charge in [0.25, 0.3) is 0 Å². The molecule has 0 bridgehead atoms. The first kappa shape index (κ1) is 8.81. The Balaban J connectivity index is 1.99. The van der Waals surface area contributed by atoms with Crippen LogP contribution in [0.25, 0.3) is 0 Å². The van der Waals surface area contributed by atoms with Crippen LogP contribution >= 0.6 is 0 Å². The first-order valence-electron chi connectivity index (χ1n) is 4.62. The molecule has 0 unspecified atom stereocenters. The molecule has 0 aromatic carbocycles. The van der Waals surface area contributed by atoms with Gasteiger partial charge < -0.3 is 10.6 Å². The molecule has 1 saturated heterocycles. The number of hydrogen-bond acceptors (Lipinski definition) is 5. The van der Waals surface area contributed by atoms with E-state index in [1.807, 2.05) is 4.90 Å². The quantitative estimate of drug-likeness (QED) is 0.659. The van der Waals surface area contributed by atoms with Crippen LogP contribution in [0.15, 0.2) is 0 Å². The van der Waals surface area contributed by atoms with Crippen LogP contribution in [0.2, 0.25) is 0 Å². The van der Waals surface area contributed by atoms with Crippen LogP contribution in [0.1, 0.15) is 12.8 Å². The highest BCUT2D eigenvalue weighted by molar-refractivity contribution is 5.34. The second-order valence-corrected chi connectivity index (χ2v) is 3.41. The largest absolute Gasteiger partial charge is 0.368 e. The van der Waals surface area contributed by atoms with Gasteiger partial charge in [-0.1, -0.05) is 0 Å². The van der Waals surface area contributed by atoms with Gasteiger partial charge in [-0.15, -0.1) is 5.10 Å². The van der Waals surface area contributed by atoms with Crippen LogP contribution in [-0.4, -0.2) is 28.3 Å².